The smallest absolute Gasteiger partial charge is 0.0702 e. The first-order valence-corrected chi connectivity index (χ1v) is 6.48. The third kappa shape index (κ3) is 2.02. The van der Waals surface area contributed by atoms with Crippen LogP contribution in [-0.4, -0.2) is 13.1 Å². The van der Waals surface area contributed by atoms with Gasteiger partial charge in [0.1, 0.15) is 0 Å². The van der Waals surface area contributed by atoms with Crippen LogP contribution in [0.15, 0.2) is 10.5 Å². The van der Waals surface area contributed by atoms with Gasteiger partial charge in [0.2, 0.25) is 0 Å². The van der Waals surface area contributed by atoms with Crippen molar-refractivity contribution in [2.45, 2.75) is 26.7 Å². The lowest BCUT2D eigenvalue weighted by Gasteiger charge is -2.22. The fourth-order valence-electron chi connectivity index (χ4n) is 2.05. The Hall–Kier alpha value is -0.210. The highest BCUT2D eigenvalue weighted by atomic mass is 79.9. The minimum absolute atomic E-state index is 0.867. The highest BCUT2D eigenvalue weighted by Gasteiger charge is 2.19. The summed E-state index contributed by atoms with van der Waals surface area (Å²) in [5.74, 6) is 0. The topological polar surface area (TPSA) is 3.24 Å². The van der Waals surface area contributed by atoms with Gasteiger partial charge < -0.3 is 4.90 Å². The summed E-state index contributed by atoms with van der Waals surface area (Å²) in [5.41, 5.74) is 3.72. The predicted octanol–water partition coefficient (Wildman–Crippen LogP) is 4.32. The molecule has 0 aromatic heterocycles. The van der Waals surface area contributed by atoms with Gasteiger partial charge in [0.05, 0.1) is 10.7 Å². The molecule has 3 heteroatoms. The van der Waals surface area contributed by atoms with Gasteiger partial charge >= 0.3 is 0 Å². The van der Waals surface area contributed by atoms with E-state index in [0.29, 0.717) is 0 Å². The lowest BCUT2D eigenvalue weighted by molar-refractivity contribution is 0.949. The van der Waals surface area contributed by atoms with E-state index in [9.17, 15) is 0 Å². The van der Waals surface area contributed by atoms with Crippen LogP contribution in [-0.2, 0) is 0 Å². The third-order valence-corrected chi connectivity index (χ3v) is 4.38. The number of benzene rings is 1. The fourth-order valence-corrected chi connectivity index (χ4v) is 3.32. The van der Waals surface area contributed by atoms with E-state index in [-0.39, 0.29) is 0 Å². The summed E-state index contributed by atoms with van der Waals surface area (Å²) >= 11 is 9.98. The van der Waals surface area contributed by atoms with E-state index in [1.54, 1.807) is 0 Å². The van der Waals surface area contributed by atoms with Crippen molar-refractivity contribution < 1.29 is 0 Å². The van der Waals surface area contributed by atoms with E-state index >= 15 is 0 Å². The second-order valence-corrected chi connectivity index (χ2v) is 5.36. The number of hydrogen-bond acceptors (Lipinski definition) is 1. The Bertz CT molecular complexity index is 384. The molecule has 1 fully saturated rings. The van der Waals surface area contributed by atoms with Crippen LogP contribution in [0.2, 0.25) is 5.02 Å². The number of halogens is 2. The van der Waals surface area contributed by atoms with E-state index in [2.05, 4.69) is 40.7 Å². The fraction of sp³-hybridized carbons (Fsp3) is 0.500. The molecule has 82 valence electrons. The minimum Gasteiger partial charge on any atom is -0.369 e. The second-order valence-electron chi connectivity index (χ2n) is 4.16. The van der Waals surface area contributed by atoms with Crippen LogP contribution in [0.1, 0.15) is 24.0 Å². The summed E-state index contributed by atoms with van der Waals surface area (Å²) < 4.78 is 1.16. The van der Waals surface area contributed by atoms with Gasteiger partial charge in [-0.2, -0.15) is 0 Å². The average molecular weight is 289 g/mol. The summed E-state index contributed by atoms with van der Waals surface area (Å²) in [4.78, 5) is 2.37. The Kier molecular flexibility index (Phi) is 3.27. The number of hydrogen-bond donors (Lipinski definition) is 0. The molecule has 1 heterocycles. The van der Waals surface area contributed by atoms with Crippen molar-refractivity contribution in [3.63, 3.8) is 0 Å². The van der Waals surface area contributed by atoms with Gasteiger partial charge in [0.25, 0.3) is 0 Å². The van der Waals surface area contributed by atoms with Crippen molar-refractivity contribution in [2.24, 2.45) is 0 Å². The van der Waals surface area contributed by atoms with Crippen LogP contribution in [0, 0.1) is 13.8 Å². The quantitative estimate of drug-likeness (QED) is 0.744. The lowest BCUT2D eigenvalue weighted by atomic mass is 10.1. The van der Waals surface area contributed by atoms with Crippen LogP contribution in [0.5, 0.6) is 0 Å². The number of aryl methyl sites for hydroxylation is 1. The monoisotopic (exact) mass is 287 g/mol. The molecule has 1 aromatic rings. The predicted molar refractivity (Wildman–Crippen MR) is 70.1 cm³/mol. The summed E-state index contributed by atoms with van der Waals surface area (Å²) in [5, 5.41) is 0.867. The molecule has 0 bridgehead atoms. The molecule has 0 radical (unpaired) electrons. The average Bonchev–Trinajstić information content (AvgIpc) is 2.68. The Morgan fingerprint density at radius 2 is 1.87 bits per heavy atom. The third-order valence-electron chi connectivity index (χ3n) is 3.12. The van der Waals surface area contributed by atoms with Crippen molar-refractivity contribution in [2.75, 3.05) is 18.0 Å². The molecule has 1 saturated heterocycles. The summed E-state index contributed by atoms with van der Waals surface area (Å²) in [7, 11) is 0. The van der Waals surface area contributed by atoms with E-state index in [1.165, 1.54) is 29.7 Å². The zero-order valence-corrected chi connectivity index (χ0v) is 11.5. The molecule has 1 nitrogen and oxygen atoms in total. The van der Waals surface area contributed by atoms with Gasteiger partial charge in [0, 0.05) is 17.6 Å². The highest BCUT2D eigenvalue weighted by molar-refractivity contribution is 9.10. The minimum atomic E-state index is 0.867. The van der Waals surface area contributed by atoms with Crippen LogP contribution < -0.4 is 4.90 Å². The largest absolute Gasteiger partial charge is 0.369 e. The van der Waals surface area contributed by atoms with Crippen molar-refractivity contribution in [1.29, 1.82) is 0 Å². The maximum atomic E-state index is 6.32. The van der Waals surface area contributed by atoms with Crippen molar-refractivity contribution in [3.05, 3.63) is 26.7 Å². The van der Waals surface area contributed by atoms with Crippen molar-refractivity contribution >= 4 is 33.2 Å². The standard InChI is InChI=1S/C12H15BrClN/c1-8-7-10(14)12(11(13)9(8)2)15-5-3-4-6-15/h7H,3-6H2,1-2H3. The summed E-state index contributed by atoms with van der Waals surface area (Å²) in [6.07, 6.45) is 2.55. The first kappa shape index (κ1) is 11.3. The molecule has 0 atom stereocenters. The molecule has 2 rings (SSSR count). The van der Waals surface area contributed by atoms with E-state index < -0.39 is 0 Å². The van der Waals surface area contributed by atoms with Crippen molar-refractivity contribution in [3.8, 4) is 0 Å². The molecule has 1 aromatic carbocycles. The van der Waals surface area contributed by atoms with Gasteiger partial charge in [-0.1, -0.05) is 11.6 Å². The molecule has 0 N–H and O–H groups in total. The molecule has 0 spiro atoms. The van der Waals surface area contributed by atoms with Gasteiger partial charge in [0.15, 0.2) is 0 Å². The molecule has 1 aliphatic heterocycles. The van der Waals surface area contributed by atoms with Crippen molar-refractivity contribution in [1.82, 2.24) is 0 Å². The van der Waals surface area contributed by atoms with Crippen LogP contribution in [0.4, 0.5) is 5.69 Å². The zero-order valence-electron chi connectivity index (χ0n) is 9.11. The first-order valence-electron chi connectivity index (χ1n) is 5.31. The highest BCUT2D eigenvalue weighted by Crippen LogP contribution is 2.39. The number of rotatable bonds is 1. The zero-order chi connectivity index (χ0) is 11.0. The Labute approximate surface area is 105 Å². The maximum Gasteiger partial charge on any atom is 0.0702 e. The van der Waals surface area contributed by atoms with E-state index in [4.69, 9.17) is 11.6 Å². The first-order chi connectivity index (χ1) is 7.11. The molecule has 15 heavy (non-hydrogen) atoms. The Morgan fingerprint density at radius 3 is 2.47 bits per heavy atom. The molecule has 0 aliphatic carbocycles. The molecule has 0 saturated carbocycles. The SMILES string of the molecule is Cc1cc(Cl)c(N2CCCC2)c(Br)c1C. The van der Waals surface area contributed by atoms with Gasteiger partial charge in [-0.05, 0) is 59.8 Å². The molecule has 1 aliphatic rings. The van der Waals surface area contributed by atoms with Crippen LogP contribution >= 0.6 is 27.5 Å². The van der Waals surface area contributed by atoms with E-state index in [0.717, 1.165) is 22.6 Å². The van der Waals surface area contributed by atoms with Gasteiger partial charge in [-0.15, -0.1) is 0 Å². The molecule has 0 unspecified atom stereocenters. The van der Waals surface area contributed by atoms with Gasteiger partial charge in [-0.3, -0.25) is 0 Å². The second kappa shape index (κ2) is 4.34. The van der Waals surface area contributed by atoms with Crippen LogP contribution in [0.3, 0.4) is 0 Å². The molecular weight excluding hydrogens is 273 g/mol. The maximum absolute atomic E-state index is 6.32. The van der Waals surface area contributed by atoms with Crippen LogP contribution in [0.25, 0.3) is 0 Å². The lowest BCUT2D eigenvalue weighted by Crippen LogP contribution is -2.19. The summed E-state index contributed by atoms with van der Waals surface area (Å²) in [6.45, 7) is 6.48. The van der Waals surface area contributed by atoms with E-state index in [1.807, 2.05) is 0 Å². The number of anilines is 1. The Balaban J connectivity index is 2.50. The summed E-state index contributed by atoms with van der Waals surface area (Å²) in [6, 6.07) is 2.06. The molecule has 0 amide bonds. The number of nitrogens with zero attached hydrogens (tertiary/aromatic N) is 1. The Morgan fingerprint density at radius 1 is 1.27 bits per heavy atom. The molecular formula is C12H15BrClN. The van der Waals surface area contributed by atoms with Gasteiger partial charge in [-0.25, -0.2) is 0 Å². The normalized spacial score (nSPS) is 16.1.